The van der Waals surface area contributed by atoms with Gasteiger partial charge in [0, 0.05) is 41.3 Å². The van der Waals surface area contributed by atoms with Gasteiger partial charge in [-0.1, -0.05) is 6.07 Å². The number of nitrogen functional groups attached to an aromatic ring is 1. The maximum absolute atomic E-state index is 12.6. The first-order chi connectivity index (χ1) is 13.4. The number of nitrogens with zero attached hydrogens (tertiary/aromatic N) is 5. The summed E-state index contributed by atoms with van der Waals surface area (Å²) in [5, 5.41) is 7.02. The Kier molecular flexibility index (Phi) is 4.42. The molecule has 4 rings (SSSR count). The maximum Gasteiger partial charge on any atom is 0.254 e. The molecule has 28 heavy (non-hydrogen) atoms. The largest absolute Gasteiger partial charge is 0.366 e. The summed E-state index contributed by atoms with van der Waals surface area (Å²) in [5.41, 5.74) is 9.36. The van der Waals surface area contributed by atoms with Gasteiger partial charge in [0.15, 0.2) is 0 Å². The van der Waals surface area contributed by atoms with E-state index in [0.717, 1.165) is 23.4 Å². The standard InChI is InChI=1S/C19H21N7O2/c1-11-15(12(2)26-19(21-11)23-18(20)24-26)10-16(27)22-13-5-3-6-14(9-13)25-8-4-7-17(25)28/h3,5-6,9H,4,7-8,10H2,1-2H3,(H2,20,24)(H,22,27). The molecule has 1 fully saturated rings. The van der Waals surface area contributed by atoms with Crippen molar-refractivity contribution in [2.75, 3.05) is 22.5 Å². The molecule has 1 aliphatic heterocycles. The Bertz CT molecular complexity index is 1090. The van der Waals surface area contributed by atoms with Crippen molar-refractivity contribution in [3.8, 4) is 0 Å². The highest BCUT2D eigenvalue weighted by Gasteiger charge is 2.22. The summed E-state index contributed by atoms with van der Waals surface area (Å²) in [6, 6.07) is 7.33. The Morgan fingerprint density at radius 3 is 2.86 bits per heavy atom. The first kappa shape index (κ1) is 17.9. The first-order valence-electron chi connectivity index (χ1n) is 9.11. The highest BCUT2D eigenvalue weighted by molar-refractivity contribution is 5.97. The number of anilines is 3. The fourth-order valence-corrected chi connectivity index (χ4v) is 3.52. The fraction of sp³-hybridized carbons (Fsp3) is 0.316. The topological polar surface area (TPSA) is 119 Å². The lowest BCUT2D eigenvalue weighted by Gasteiger charge is -2.17. The van der Waals surface area contributed by atoms with Crippen LogP contribution in [-0.2, 0) is 16.0 Å². The van der Waals surface area contributed by atoms with Crippen LogP contribution < -0.4 is 16.0 Å². The minimum atomic E-state index is -0.176. The molecule has 0 atom stereocenters. The number of hydrogen-bond donors (Lipinski definition) is 2. The zero-order chi connectivity index (χ0) is 19.8. The van der Waals surface area contributed by atoms with Crippen molar-refractivity contribution in [2.45, 2.75) is 33.1 Å². The first-order valence-corrected chi connectivity index (χ1v) is 9.11. The van der Waals surface area contributed by atoms with Gasteiger partial charge in [-0.05, 0) is 38.5 Å². The monoisotopic (exact) mass is 379 g/mol. The average Bonchev–Trinajstić information content (AvgIpc) is 3.24. The van der Waals surface area contributed by atoms with Crippen molar-refractivity contribution >= 4 is 34.9 Å². The van der Waals surface area contributed by atoms with E-state index in [9.17, 15) is 9.59 Å². The molecular formula is C19H21N7O2. The number of amides is 2. The molecule has 0 unspecified atom stereocenters. The van der Waals surface area contributed by atoms with Gasteiger partial charge < -0.3 is 16.0 Å². The molecule has 0 aliphatic carbocycles. The van der Waals surface area contributed by atoms with Crippen molar-refractivity contribution in [3.63, 3.8) is 0 Å². The number of hydrogen-bond acceptors (Lipinski definition) is 6. The summed E-state index contributed by atoms with van der Waals surface area (Å²) < 4.78 is 1.55. The lowest BCUT2D eigenvalue weighted by Crippen LogP contribution is -2.24. The molecule has 144 valence electrons. The van der Waals surface area contributed by atoms with Crippen molar-refractivity contribution in [1.29, 1.82) is 0 Å². The number of nitrogens with two attached hydrogens (primary N) is 1. The molecule has 0 bridgehead atoms. The van der Waals surface area contributed by atoms with Gasteiger partial charge in [-0.25, -0.2) is 4.98 Å². The van der Waals surface area contributed by atoms with Gasteiger partial charge in [0.25, 0.3) is 5.78 Å². The van der Waals surface area contributed by atoms with Crippen LogP contribution in [0, 0.1) is 13.8 Å². The lowest BCUT2D eigenvalue weighted by atomic mass is 10.1. The van der Waals surface area contributed by atoms with Crippen molar-refractivity contribution in [2.24, 2.45) is 0 Å². The van der Waals surface area contributed by atoms with Crippen molar-refractivity contribution < 1.29 is 9.59 Å². The molecule has 0 saturated carbocycles. The Morgan fingerprint density at radius 2 is 2.11 bits per heavy atom. The van der Waals surface area contributed by atoms with Crippen molar-refractivity contribution in [3.05, 3.63) is 41.2 Å². The minimum Gasteiger partial charge on any atom is -0.366 e. The molecular weight excluding hydrogens is 358 g/mol. The zero-order valence-corrected chi connectivity index (χ0v) is 15.8. The number of carbonyl (C=O) groups excluding carboxylic acids is 2. The van der Waals surface area contributed by atoms with Crippen LogP contribution in [0.3, 0.4) is 0 Å². The predicted octanol–water partition coefficient (Wildman–Crippen LogP) is 1.63. The van der Waals surface area contributed by atoms with Crippen LogP contribution in [0.25, 0.3) is 5.78 Å². The molecule has 0 radical (unpaired) electrons. The minimum absolute atomic E-state index is 0.112. The second kappa shape index (κ2) is 6.91. The van der Waals surface area contributed by atoms with Crippen LogP contribution in [-0.4, -0.2) is 37.9 Å². The molecule has 3 aromatic rings. The zero-order valence-electron chi connectivity index (χ0n) is 15.8. The summed E-state index contributed by atoms with van der Waals surface area (Å²) >= 11 is 0. The molecule has 0 spiro atoms. The van der Waals surface area contributed by atoms with E-state index in [1.54, 1.807) is 15.5 Å². The third-order valence-corrected chi connectivity index (χ3v) is 4.92. The van der Waals surface area contributed by atoms with Gasteiger partial charge in [0.2, 0.25) is 17.8 Å². The van der Waals surface area contributed by atoms with Crippen LogP contribution in [0.5, 0.6) is 0 Å². The van der Waals surface area contributed by atoms with E-state index < -0.39 is 0 Å². The van der Waals surface area contributed by atoms with E-state index in [1.807, 2.05) is 32.0 Å². The quantitative estimate of drug-likeness (QED) is 0.711. The highest BCUT2D eigenvalue weighted by Crippen LogP contribution is 2.24. The van der Waals surface area contributed by atoms with Crippen LogP contribution in [0.1, 0.15) is 29.8 Å². The number of aromatic nitrogens is 4. The van der Waals surface area contributed by atoms with Crippen LogP contribution in [0.15, 0.2) is 24.3 Å². The second-order valence-electron chi connectivity index (χ2n) is 6.87. The molecule has 9 nitrogen and oxygen atoms in total. The highest BCUT2D eigenvalue weighted by atomic mass is 16.2. The molecule has 3 N–H and O–H groups in total. The van der Waals surface area contributed by atoms with Gasteiger partial charge in [0.05, 0.1) is 6.42 Å². The van der Waals surface area contributed by atoms with Gasteiger partial charge in [0.1, 0.15) is 0 Å². The van der Waals surface area contributed by atoms with Gasteiger partial charge in [-0.3, -0.25) is 9.59 Å². The number of aryl methyl sites for hydroxylation is 2. The van der Waals surface area contributed by atoms with Crippen LogP contribution in [0.2, 0.25) is 0 Å². The maximum atomic E-state index is 12.6. The van der Waals surface area contributed by atoms with Crippen molar-refractivity contribution in [1.82, 2.24) is 19.6 Å². The van der Waals surface area contributed by atoms with E-state index in [2.05, 4.69) is 20.4 Å². The Labute approximate surface area is 161 Å². The second-order valence-corrected chi connectivity index (χ2v) is 6.87. The van der Waals surface area contributed by atoms with E-state index in [1.165, 1.54) is 0 Å². The summed E-state index contributed by atoms with van der Waals surface area (Å²) in [5.74, 6) is 0.496. The molecule has 1 saturated heterocycles. The molecule has 2 amide bonds. The van der Waals surface area contributed by atoms with Gasteiger partial charge >= 0.3 is 0 Å². The SMILES string of the molecule is Cc1nc2nc(N)nn2c(C)c1CC(=O)Nc1cccc(N2CCCC2=O)c1. The summed E-state index contributed by atoms with van der Waals surface area (Å²) in [7, 11) is 0. The average molecular weight is 379 g/mol. The predicted molar refractivity (Wildman–Crippen MR) is 105 cm³/mol. The summed E-state index contributed by atoms with van der Waals surface area (Å²) in [6.45, 7) is 4.40. The number of benzene rings is 1. The Morgan fingerprint density at radius 1 is 1.29 bits per heavy atom. The molecule has 2 aromatic heterocycles. The normalized spacial score (nSPS) is 14.1. The van der Waals surface area contributed by atoms with Crippen LogP contribution >= 0.6 is 0 Å². The van der Waals surface area contributed by atoms with E-state index in [-0.39, 0.29) is 24.2 Å². The smallest absolute Gasteiger partial charge is 0.254 e. The molecule has 1 aliphatic rings. The number of rotatable bonds is 4. The van der Waals surface area contributed by atoms with Gasteiger partial charge in [-0.2, -0.15) is 9.50 Å². The number of nitrogens with one attached hydrogen (secondary N) is 1. The third-order valence-electron chi connectivity index (χ3n) is 4.92. The molecule has 9 heteroatoms. The van der Waals surface area contributed by atoms with E-state index in [0.29, 0.717) is 30.1 Å². The summed E-state index contributed by atoms with van der Waals surface area (Å²) in [6.07, 6.45) is 1.57. The third kappa shape index (κ3) is 3.26. The van der Waals surface area contributed by atoms with Crippen LogP contribution in [0.4, 0.5) is 17.3 Å². The van der Waals surface area contributed by atoms with E-state index >= 15 is 0 Å². The lowest BCUT2D eigenvalue weighted by molar-refractivity contribution is -0.117. The molecule has 3 heterocycles. The number of carbonyl (C=O) groups is 2. The van der Waals surface area contributed by atoms with E-state index in [4.69, 9.17) is 5.73 Å². The van der Waals surface area contributed by atoms with Gasteiger partial charge in [-0.15, -0.1) is 5.10 Å². The molecule has 1 aromatic carbocycles. The number of fused-ring (bicyclic) bond motifs is 1. The fourth-order valence-electron chi connectivity index (χ4n) is 3.52. The summed E-state index contributed by atoms with van der Waals surface area (Å²) in [4.78, 5) is 34.8. The Balaban J connectivity index is 1.54. The Hall–Kier alpha value is -3.49.